The van der Waals surface area contributed by atoms with Crippen LogP contribution in [0.25, 0.3) is 12.2 Å². The predicted octanol–water partition coefficient (Wildman–Crippen LogP) is 3.39. The summed E-state index contributed by atoms with van der Waals surface area (Å²) in [5.41, 5.74) is 2.36. The lowest BCUT2D eigenvalue weighted by Crippen LogP contribution is -1.97. The van der Waals surface area contributed by atoms with Crippen LogP contribution in [0.2, 0.25) is 0 Å². The fourth-order valence-electron chi connectivity index (χ4n) is 1.97. The maximum absolute atomic E-state index is 8.75. The summed E-state index contributed by atoms with van der Waals surface area (Å²) in [4.78, 5) is 8.27. The standard InChI is InChI=1S/C18H14N4O2/c1-13-21-18(22-24-13)12-23-17-8-4-14(5-9-17)2-6-16-7-3-15(10-19)11-20-16/h2-9,11H,12H2,1H3/b6-2+. The van der Waals surface area contributed by atoms with Crippen LogP contribution in [-0.4, -0.2) is 15.1 Å². The van der Waals surface area contributed by atoms with Gasteiger partial charge in [0.15, 0.2) is 6.61 Å². The third kappa shape index (κ3) is 4.05. The zero-order valence-corrected chi connectivity index (χ0v) is 13.0. The van der Waals surface area contributed by atoms with Crippen LogP contribution in [0.4, 0.5) is 0 Å². The van der Waals surface area contributed by atoms with Crippen LogP contribution in [0.1, 0.15) is 28.5 Å². The quantitative estimate of drug-likeness (QED) is 0.717. The zero-order valence-electron chi connectivity index (χ0n) is 13.0. The number of nitrogens with zero attached hydrogens (tertiary/aromatic N) is 4. The topological polar surface area (TPSA) is 84.8 Å². The van der Waals surface area contributed by atoms with Crippen LogP contribution in [0.3, 0.4) is 0 Å². The lowest BCUT2D eigenvalue weighted by molar-refractivity contribution is 0.285. The van der Waals surface area contributed by atoms with Crippen molar-refractivity contribution in [2.24, 2.45) is 0 Å². The van der Waals surface area contributed by atoms with Crippen molar-refractivity contribution < 1.29 is 9.26 Å². The Hall–Kier alpha value is -3.46. The van der Waals surface area contributed by atoms with Gasteiger partial charge in [-0.15, -0.1) is 0 Å². The Morgan fingerprint density at radius 2 is 2.00 bits per heavy atom. The van der Waals surface area contributed by atoms with Gasteiger partial charge in [-0.05, 0) is 35.9 Å². The highest BCUT2D eigenvalue weighted by Gasteiger charge is 2.03. The SMILES string of the molecule is Cc1nc(COc2ccc(/C=C/c3ccc(C#N)cn3)cc2)no1. The van der Waals surface area contributed by atoms with Crippen LogP contribution in [0.15, 0.2) is 47.1 Å². The summed E-state index contributed by atoms with van der Waals surface area (Å²) in [5.74, 6) is 1.76. The van der Waals surface area contributed by atoms with E-state index >= 15 is 0 Å². The first-order chi connectivity index (χ1) is 11.7. The molecule has 0 aliphatic heterocycles. The molecule has 2 heterocycles. The number of aromatic nitrogens is 3. The molecule has 0 aliphatic rings. The second kappa shape index (κ2) is 7.20. The number of aryl methyl sites for hydroxylation is 1. The molecule has 0 aliphatic carbocycles. The average molecular weight is 318 g/mol. The van der Waals surface area contributed by atoms with Crippen LogP contribution >= 0.6 is 0 Å². The molecule has 0 fully saturated rings. The first-order valence-electron chi connectivity index (χ1n) is 7.29. The molecule has 0 saturated carbocycles. The Morgan fingerprint density at radius 3 is 2.62 bits per heavy atom. The van der Waals surface area contributed by atoms with E-state index in [0.717, 1.165) is 17.0 Å². The van der Waals surface area contributed by atoms with E-state index in [1.54, 1.807) is 25.3 Å². The molecule has 24 heavy (non-hydrogen) atoms. The Morgan fingerprint density at radius 1 is 1.17 bits per heavy atom. The molecule has 0 amide bonds. The Bertz CT molecular complexity index is 875. The molecule has 2 aromatic heterocycles. The molecule has 0 N–H and O–H groups in total. The Balaban J connectivity index is 1.59. The van der Waals surface area contributed by atoms with E-state index in [1.165, 1.54) is 0 Å². The molecule has 3 aromatic rings. The van der Waals surface area contributed by atoms with Gasteiger partial charge in [-0.2, -0.15) is 10.2 Å². The van der Waals surface area contributed by atoms with Crippen LogP contribution < -0.4 is 4.74 Å². The lowest BCUT2D eigenvalue weighted by atomic mass is 10.2. The van der Waals surface area contributed by atoms with Gasteiger partial charge in [0.1, 0.15) is 11.8 Å². The average Bonchev–Trinajstić information content (AvgIpc) is 3.05. The summed E-state index contributed by atoms with van der Waals surface area (Å²) in [6, 6.07) is 13.2. The highest BCUT2D eigenvalue weighted by atomic mass is 16.5. The van der Waals surface area contributed by atoms with Gasteiger partial charge in [0.25, 0.3) is 0 Å². The normalized spacial score (nSPS) is 10.7. The number of hydrogen-bond donors (Lipinski definition) is 0. The molecule has 118 valence electrons. The van der Waals surface area contributed by atoms with E-state index < -0.39 is 0 Å². The summed E-state index contributed by atoms with van der Waals surface area (Å²) in [5, 5.41) is 12.5. The monoisotopic (exact) mass is 318 g/mol. The first kappa shape index (κ1) is 15.4. The first-order valence-corrected chi connectivity index (χ1v) is 7.29. The molecule has 0 bridgehead atoms. The fraction of sp³-hybridized carbons (Fsp3) is 0.111. The highest BCUT2D eigenvalue weighted by molar-refractivity contribution is 5.68. The van der Waals surface area contributed by atoms with Crippen molar-refractivity contribution in [3.8, 4) is 11.8 Å². The highest BCUT2D eigenvalue weighted by Crippen LogP contribution is 2.15. The van der Waals surface area contributed by atoms with Gasteiger partial charge < -0.3 is 9.26 Å². The second-order valence-electron chi connectivity index (χ2n) is 5.00. The maximum atomic E-state index is 8.75. The van der Waals surface area contributed by atoms with Crippen LogP contribution in [-0.2, 0) is 6.61 Å². The van der Waals surface area contributed by atoms with Crippen molar-refractivity contribution in [2.75, 3.05) is 0 Å². The van der Waals surface area contributed by atoms with Gasteiger partial charge in [0, 0.05) is 13.1 Å². The van der Waals surface area contributed by atoms with E-state index in [4.69, 9.17) is 14.5 Å². The summed E-state index contributed by atoms with van der Waals surface area (Å²) in [7, 11) is 0. The number of benzene rings is 1. The summed E-state index contributed by atoms with van der Waals surface area (Å²) < 4.78 is 10.5. The van der Waals surface area contributed by atoms with Crippen molar-refractivity contribution in [3.63, 3.8) is 0 Å². The van der Waals surface area contributed by atoms with Gasteiger partial charge in [0.05, 0.1) is 11.3 Å². The molecular formula is C18H14N4O2. The van der Waals surface area contributed by atoms with Crippen LogP contribution in [0, 0.1) is 18.3 Å². The van der Waals surface area contributed by atoms with Gasteiger partial charge in [-0.3, -0.25) is 4.98 Å². The van der Waals surface area contributed by atoms with E-state index in [2.05, 4.69) is 15.1 Å². The van der Waals surface area contributed by atoms with Crippen LogP contribution in [0.5, 0.6) is 5.75 Å². The van der Waals surface area contributed by atoms with Crippen molar-refractivity contribution in [2.45, 2.75) is 13.5 Å². The van der Waals surface area contributed by atoms with Gasteiger partial charge in [-0.25, -0.2) is 0 Å². The van der Waals surface area contributed by atoms with Gasteiger partial charge >= 0.3 is 0 Å². The fourth-order valence-corrected chi connectivity index (χ4v) is 1.97. The molecule has 6 heteroatoms. The number of ether oxygens (including phenoxy) is 1. The maximum Gasteiger partial charge on any atom is 0.223 e. The number of rotatable bonds is 5. The number of pyridine rings is 1. The molecule has 0 unspecified atom stereocenters. The summed E-state index contributed by atoms with van der Waals surface area (Å²) in [6.45, 7) is 2.00. The van der Waals surface area contributed by atoms with Crippen molar-refractivity contribution in [1.29, 1.82) is 5.26 Å². The lowest BCUT2D eigenvalue weighted by Gasteiger charge is -2.03. The number of hydrogen-bond acceptors (Lipinski definition) is 6. The molecule has 0 radical (unpaired) electrons. The minimum absolute atomic E-state index is 0.266. The largest absolute Gasteiger partial charge is 0.485 e. The van der Waals surface area contributed by atoms with Crippen molar-refractivity contribution >= 4 is 12.2 Å². The summed E-state index contributed by atoms with van der Waals surface area (Å²) >= 11 is 0. The third-order valence-electron chi connectivity index (χ3n) is 3.18. The Labute approximate surface area is 139 Å². The number of nitriles is 1. The predicted molar refractivity (Wildman–Crippen MR) is 87.7 cm³/mol. The minimum Gasteiger partial charge on any atom is -0.485 e. The molecule has 0 spiro atoms. The van der Waals surface area contributed by atoms with E-state index in [0.29, 0.717) is 17.3 Å². The van der Waals surface area contributed by atoms with Crippen molar-refractivity contribution in [3.05, 3.63) is 71.1 Å². The van der Waals surface area contributed by atoms with E-state index in [1.807, 2.05) is 42.5 Å². The zero-order chi connectivity index (χ0) is 16.8. The van der Waals surface area contributed by atoms with E-state index in [-0.39, 0.29) is 6.61 Å². The third-order valence-corrected chi connectivity index (χ3v) is 3.18. The molecule has 6 nitrogen and oxygen atoms in total. The van der Waals surface area contributed by atoms with E-state index in [9.17, 15) is 0 Å². The molecule has 1 aromatic carbocycles. The van der Waals surface area contributed by atoms with Gasteiger partial charge in [0.2, 0.25) is 11.7 Å². The second-order valence-corrected chi connectivity index (χ2v) is 5.00. The molecule has 3 rings (SSSR count). The molecule has 0 saturated heterocycles. The molecule has 0 atom stereocenters. The minimum atomic E-state index is 0.266. The Kier molecular flexibility index (Phi) is 4.63. The van der Waals surface area contributed by atoms with Crippen molar-refractivity contribution in [1.82, 2.24) is 15.1 Å². The smallest absolute Gasteiger partial charge is 0.223 e. The van der Waals surface area contributed by atoms with Gasteiger partial charge in [-0.1, -0.05) is 23.4 Å². The molecular weight excluding hydrogens is 304 g/mol. The summed E-state index contributed by atoms with van der Waals surface area (Å²) in [6.07, 6.45) is 5.39.